The molecule has 0 fully saturated rings. The number of aryl methyl sites for hydroxylation is 1. The van der Waals surface area contributed by atoms with Crippen molar-refractivity contribution in [2.45, 2.75) is 19.2 Å². The molecule has 0 radical (unpaired) electrons. The first kappa shape index (κ1) is 12.5. The van der Waals surface area contributed by atoms with Crippen LogP contribution in [-0.4, -0.2) is 12.6 Å². The van der Waals surface area contributed by atoms with E-state index in [4.69, 9.17) is 0 Å². The quantitative estimate of drug-likeness (QED) is 0.593. The molecule has 0 aliphatic carbocycles. The number of ether oxygens (including phenoxy) is 1. The van der Waals surface area contributed by atoms with Crippen LogP contribution in [0.3, 0.4) is 0 Å². The molecule has 1 rings (SSSR count). The normalized spacial score (nSPS) is 11.2. The van der Waals surface area contributed by atoms with E-state index in [-0.39, 0.29) is 12.8 Å². The Bertz CT molecular complexity index is 374. The molecule has 0 heterocycles. The molecule has 0 saturated carbocycles. The minimum absolute atomic E-state index is 0.164. The van der Waals surface area contributed by atoms with Crippen molar-refractivity contribution in [1.29, 1.82) is 0 Å². The molecule has 1 aromatic carbocycles. The van der Waals surface area contributed by atoms with E-state index >= 15 is 0 Å². The van der Waals surface area contributed by atoms with E-state index in [0.29, 0.717) is 11.8 Å². The van der Waals surface area contributed by atoms with Crippen LogP contribution in [0.2, 0.25) is 0 Å². The number of aldehydes is 1. The smallest absolute Gasteiger partial charge is 0.403 e. The zero-order valence-corrected chi connectivity index (χ0v) is 8.05. The van der Waals surface area contributed by atoms with E-state index in [0.717, 1.165) is 12.1 Å². The zero-order chi connectivity index (χ0) is 12.2. The third-order valence-electron chi connectivity index (χ3n) is 1.77. The van der Waals surface area contributed by atoms with Gasteiger partial charge in [0.05, 0.1) is 0 Å². The van der Waals surface area contributed by atoms with Crippen LogP contribution in [-0.2, 0) is 11.2 Å². The summed E-state index contributed by atoms with van der Waals surface area (Å²) < 4.78 is 52.0. The van der Waals surface area contributed by atoms with Gasteiger partial charge in [0.15, 0.2) is 11.6 Å². The average Bonchev–Trinajstić information content (AvgIpc) is 2.17. The van der Waals surface area contributed by atoms with Crippen molar-refractivity contribution in [2.75, 3.05) is 0 Å². The molecular formula is C10H8F4O2. The number of halogens is 4. The van der Waals surface area contributed by atoms with Gasteiger partial charge >= 0.3 is 6.36 Å². The molecule has 0 atom stereocenters. The summed E-state index contributed by atoms with van der Waals surface area (Å²) in [6.45, 7) is 0. The molecule has 16 heavy (non-hydrogen) atoms. The summed E-state index contributed by atoms with van der Waals surface area (Å²) in [7, 11) is 0. The Morgan fingerprint density at radius 1 is 1.31 bits per heavy atom. The predicted octanol–water partition coefficient (Wildman–Crippen LogP) is 2.86. The molecule has 0 amide bonds. The van der Waals surface area contributed by atoms with E-state index in [1.165, 1.54) is 6.07 Å². The number of hydrogen-bond donors (Lipinski definition) is 0. The maximum atomic E-state index is 12.9. The van der Waals surface area contributed by atoms with Gasteiger partial charge in [-0.2, -0.15) is 0 Å². The van der Waals surface area contributed by atoms with Gasteiger partial charge in [0, 0.05) is 6.42 Å². The van der Waals surface area contributed by atoms with Crippen LogP contribution in [0.15, 0.2) is 18.2 Å². The highest BCUT2D eigenvalue weighted by atomic mass is 19.4. The van der Waals surface area contributed by atoms with Crippen LogP contribution in [0, 0.1) is 5.82 Å². The van der Waals surface area contributed by atoms with Gasteiger partial charge in [0.2, 0.25) is 0 Å². The Balaban J connectivity index is 2.86. The van der Waals surface area contributed by atoms with Crippen LogP contribution in [0.5, 0.6) is 5.75 Å². The molecule has 6 heteroatoms. The van der Waals surface area contributed by atoms with E-state index in [9.17, 15) is 22.4 Å². The minimum Gasteiger partial charge on any atom is -0.403 e. The lowest BCUT2D eigenvalue weighted by Crippen LogP contribution is -2.18. The number of benzene rings is 1. The molecule has 2 nitrogen and oxygen atoms in total. The van der Waals surface area contributed by atoms with E-state index in [1.807, 2.05) is 0 Å². The highest BCUT2D eigenvalue weighted by Crippen LogP contribution is 2.26. The molecule has 0 bridgehead atoms. The average molecular weight is 236 g/mol. The molecule has 0 saturated heterocycles. The van der Waals surface area contributed by atoms with Gasteiger partial charge in [-0.15, -0.1) is 13.2 Å². The summed E-state index contributed by atoms with van der Waals surface area (Å²) in [5.74, 6) is -1.97. The van der Waals surface area contributed by atoms with Gasteiger partial charge in [0.1, 0.15) is 6.29 Å². The summed E-state index contributed by atoms with van der Waals surface area (Å²) in [5, 5.41) is 0. The Labute approximate surface area is 88.8 Å². The van der Waals surface area contributed by atoms with Gasteiger partial charge in [-0.05, 0) is 24.1 Å². The zero-order valence-electron chi connectivity index (χ0n) is 8.05. The van der Waals surface area contributed by atoms with Crippen molar-refractivity contribution in [3.63, 3.8) is 0 Å². The Morgan fingerprint density at radius 2 is 2.00 bits per heavy atom. The number of alkyl halides is 3. The standard InChI is InChI=1S/C10H8F4O2/c11-8-4-3-7(2-1-5-15)6-9(8)16-10(12,13)14/h3-6H,1-2H2. The molecule has 0 aliphatic rings. The van der Waals surface area contributed by atoms with E-state index in [1.54, 1.807) is 0 Å². The van der Waals surface area contributed by atoms with Crippen LogP contribution in [0.25, 0.3) is 0 Å². The maximum absolute atomic E-state index is 12.9. The lowest BCUT2D eigenvalue weighted by atomic mass is 10.1. The topological polar surface area (TPSA) is 26.3 Å². The molecule has 0 spiro atoms. The molecule has 0 unspecified atom stereocenters. The summed E-state index contributed by atoms with van der Waals surface area (Å²) in [6.07, 6.45) is -3.88. The van der Waals surface area contributed by atoms with Gasteiger partial charge in [0.25, 0.3) is 0 Å². The maximum Gasteiger partial charge on any atom is 0.573 e. The Morgan fingerprint density at radius 3 is 2.56 bits per heavy atom. The van der Waals surface area contributed by atoms with Gasteiger partial charge in [-0.1, -0.05) is 6.07 Å². The SMILES string of the molecule is O=CCCc1ccc(F)c(OC(F)(F)F)c1. The molecule has 0 aromatic heterocycles. The second-order valence-electron chi connectivity index (χ2n) is 3.02. The number of carbonyl (C=O) groups is 1. The van der Waals surface area contributed by atoms with Crippen molar-refractivity contribution < 1.29 is 27.1 Å². The second kappa shape index (κ2) is 4.96. The first-order valence-electron chi connectivity index (χ1n) is 4.40. The van der Waals surface area contributed by atoms with Crippen LogP contribution < -0.4 is 4.74 Å². The van der Waals surface area contributed by atoms with Crippen molar-refractivity contribution >= 4 is 6.29 Å². The summed E-state index contributed by atoms with van der Waals surface area (Å²) in [4.78, 5) is 10.1. The predicted molar refractivity (Wildman–Crippen MR) is 47.5 cm³/mol. The number of carbonyl (C=O) groups excluding carboxylic acids is 1. The summed E-state index contributed by atoms with van der Waals surface area (Å²) in [6, 6.07) is 3.12. The number of rotatable bonds is 4. The van der Waals surface area contributed by atoms with Crippen molar-refractivity contribution in [3.05, 3.63) is 29.6 Å². The number of hydrogen-bond acceptors (Lipinski definition) is 2. The highest BCUT2D eigenvalue weighted by molar-refractivity contribution is 5.50. The third-order valence-corrected chi connectivity index (χ3v) is 1.77. The molecule has 1 aromatic rings. The Kier molecular flexibility index (Phi) is 3.87. The third kappa shape index (κ3) is 3.88. The fraction of sp³-hybridized carbons (Fsp3) is 0.300. The van der Waals surface area contributed by atoms with Crippen molar-refractivity contribution in [1.82, 2.24) is 0 Å². The summed E-state index contributed by atoms with van der Waals surface area (Å²) >= 11 is 0. The van der Waals surface area contributed by atoms with Gasteiger partial charge < -0.3 is 9.53 Å². The molecular weight excluding hydrogens is 228 g/mol. The molecule has 0 aliphatic heterocycles. The minimum atomic E-state index is -4.93. The van der Waals surface area contributed by atoms with Crippen molar-refractivity contribution in [2.24, 2.45) is 0 Å². The highest BCUT2D eigenvalue weighted by Gasteiger charge is 2.32. The first-order chi connectivity index (χ1) is 7.42. The lowest BCUT2D eigenvalue weighted by molar-refractivity contribution is -0.275. The van der Waals surface area contributed by atoms with Gasteiger partial charge in [-0.3, -0.25) is 0 Å². The fourth-order valence-corrected chi connectivity index (χ4v) is 1.13. The van der Waals surface area contributed by atoms with Crippen LogP contribution in [0.4, 0.5) is 17.6 Å². The monoisotopic (exact) mass is 236 g/mol. The van der Waals surface area contributed by atoms with E-state index < -0.39 is 17.9 Å². The Hall–Kier alpha value is -1.59. The van der Waals surface area contributed by atoms with E-state index in [2.05, 4.69) is 4.74 Å². The van der Waals surface area contributed by atoms with Crippen LogP contribution in [0.1, 0.15) is 12.0 Å². The summed E-state index contributed by atoms with van der Waals surface area (Å²) in [5.41, 5.74) is 0.410. The lowest BCUT2D eigenvalue weighted by Gasteiger charge is -2.10. The molecule has 88 valence electrons. The molecule has 0 N–H and O–H groups in total. The van der Waals surface area contributed by atoms with Crippen LogP contribution >= 0.6 is 0 Å². The largest absolute Gasteiger partial charge is 0.573 e. The van der Waals surface area contributed by atoms with Gasteiger partial charge in [-0.25, -0.2) is 4.39 Å². The second-order valence-corrected chi connectivity index (χ2v) is 3.02. The first-order valence-corrected chi connectivity index (χ1v) is 4.40. The van der Waals surface area contributed by atoms with Crippen molar-refractivity contribution in [3.8, 4) is 5.75 Å². The fourth-order valence-electron chi connectivity index (χ4n) is 1.13.